The van der Waals surface area contributed by atoms with Gasteiger partial charge in [-0.15, -0.1) is 0 Å². The molecule has 0 aliphatic carbocycles. The van der Waals surface area contributed by atoms with Crippen LogP contribution < -0.4 is 14.8 Å². The molecule has 1 atom stereocenters. The van der Waals surface area contributed by atoms with E-state index in [0.717, 1.165) is 0 Å². The molecule has 1 unspecified atom stereocenters. The van der Waals surface area contributed by atoms with Crippen LogP contribution in [-0.2, 0) is 16.0 Å². The van der Waals surface area contributed by atoms with Gasteiger partial charge in [0.25, 0.3) is 0 Å². The maximum Gasteiger partial charge on any atom is 0.326 e. The van der Waals surface area contributed by atoms with Crippen LogP contribution in [0.25, 0.3) is 0 Å². The summed E-state index contributed by atoms with van der Waals surface area (Å²) in [5.41, 5.74) is 0.702. The van der Waals surface area contributed by atoms with E-state index in [2.05, 4.69) is 5.32 Å². The molecule has 0 saturated carbocycles. The summed E-state index contributed by atoms with van der Waals surface area (Å²) in [7, 11) is 3.02. The quantitative estimate of drug-likeness (QED) is 0.689. The van der Waals surface area contributed by atoms with Crippen LogP contribution in [-0.4, -0.2) is 37.7 Å². The van der Waals surface area contributed by atoms with Crippen LogP contribution in [0.2, 0.25) is 0 Å². The molecule has 0 fully saturated rings. The van der Waals surface area contributed by atoms with E-state index in [1.54, 1.807) is 18.2 Å². The summed E-state index contributed by atoms with van der Waals surface area (Å²) in [4.78, 5) is 21.3. The first-order valence-corrected chi connectivity index (χ1v) is 5.25. The van der Waals surface area contributed by atoms with Gasteiger partial charge in [-0.3, -0.25) is 4.79 Å². The molecule has 0 aromatic heterocycles. The average molecular weight is 253 g/mol. The van der Waals surface area contributed by atoms with Gasteiger partial charge in [0.15, 0.2) is 0 Å². The summed E-state index contributed by atoms with van der Waals surface area (Å²) in [6, 6.07) is 4.11. The molecule has 0 aliphatic heterocycles. The van der Waals surface area contributed by atoms with Crippen molar-refractivity contribution < 1.29 is 24.2 Å². The zero-order valence-corrected chi connectivity index (χ0v) is 10.2. The van der Waals surface area contributed by atoms with E-state index >= 15 is 0 Å². The predicted octanol–water partition coefficient (Wildman–Crippen LogP) is 0.445. The van der Waals surface area contributed by atoms with Gasteiger partial charge >= 0.3 is 5.97 Å². The Hall–Kier alpha value is -2.24. The van der Waals surface area contributed by atoms with Crippen molar-refractivity contribution in [3.63, 3.8) is 0 Å². The zero-order valence-electron chi connectivity index (χ0n) is 10.2. The highest BCUT2D eigenvalue weighted by atomic mass is 16.5. The third-order valence-electron chi connectivity index (χ3n) is 2.42. The fraction of sp³-hybridized carbons (Fsp3) is 0.333. The number of carboxylic acids is 1. The lowest BCUT2D eigenvalue weighted by Crippen LogP contribution is -2.37. The van der Waals surface area contributed by atoms with Crippen molar-refractivity contribution in [2.45, 2.75) is 12.5 Å². The van der Waals surface area contributed by atoms with Gasteiger partial charge in [-0.2, -0.15) is 0 Å². The van der Waals surface area contributed by atoms with Crippen LogP contribution in [0.4, 0.5) is 0 Å². The summed E-state index contributed by atoms with van der Waals surface area (Å²) < 4.78 is 10.2. The van der Waals surface area contributed by atoms with E-state index in [0.29, 0.717) is 23.5 Å². The highest BCUT2D eigenvalue weighted by Crippen LogP contribution is 2.23. The number of amides is 1. The minimum Gasteiger partial charge on any atom is -0.497 e. The van der Waals surface area contributed by atoms with Crippen molar-refractivity contribution in [2.75, 3.05) is 14.2 Å². The molecule has 0 aliphatic rings. The largest absolute Gasteiger partial charge is 0.497 e. The Morgan fingerprint density at radius 2 is 1.89 bits per heavy atom. The molecule has 0 bridgehead atoms. The number of benzene rings is 1. The van der Waals surface area contributed by atoms with Crippen molar-refractivity contribution in [1.29, 1.82) is 0 Å². The van der Waals surface area contributed by atoms with Crippen LogP contribution in [0, 0.1) is 0 Å². The fourth-order valence-electron chi connectivity index (χ4n) is 1.52. The van der Waals surface area contributed by atoms with Crippen LogP contribution >= 0.6 is 0 Å². The van der Waals surface area contributed by atoms with E-state index < -0.39 is 12.0 Å². The third-order valence-corrected chi connectivity index (χ3v) is 2.42. The van der Waals surface area contributed by atoms with Gasteiger partial charge in [0.2, 0.25) is 6.41 Å². The van der Waals surface area contributed by atoms with E-state index in [1.165, 1.54) is 14.2 Å². The van der Waals surface area contributed by atoms with Crippen molar-refractivity contribution in [1.82, 2.24) is 5.32 Å². The first kappa shape index (κ1) is 13.8. The zero-order chi connectivity index (χ0) is 13.5. The lowest BCUT2D eigenvalue weighted by Gasteiger charge is -2.13. The summed E-state index contributed by atoms with van der Waals surface area (Å²) in [6.07, 6.45) is 0.526. The Kier molecular flexibility index (Phi) is 4.98. The number of carboxylic acid groups (broad SMARTS) is 1. The number of nitrogens with one attached hydrogen (secondary N) is 1. The number of hydrogen-bond donors (Lipinski definition) is 2. The minimum absolute atomic E-state index is 0.154. The molecule has 1 aromatic carbocycles. The lowest BCUT2D eigenvalue weighted by atomic mass is 10.1. The molecule has 6 nitrogen and oxygen atoms in total. The number of carbonyl (C=O) groups is 2. The standard InChI is InChI=1S/C12H15NO5/c1-17-9-3-8(4-10(6-9)18-2)5-11(12(15)16)13-7-14/h3-4,6-7,11H,5H2,1-2H3,(H,13,14)(H,15,16). The molecule has 1 rings (SSSR count). The Labute approximate surface area is 105 Å². The molecule has 1 amide bonds. The number of aliphatic carboxylic acids is 1. The molecule has 0 heterocycles. The van der Waals surface area contributed by atoms with Gasteiger partial charge in [-0.1, -0.05) is 0 Å². The molecule has 0 spiro atoms. The van der Waals surface area contributed by atoms with Crippen LogP contribution in [0.5, 0.6) is 11.5 Å². The van der Waals surface area contributed by atoms with Crippen LogP contribution in [0.1, 0.15) is 5.56 Å². The number of ether oxygens (including phenoxy) is 2. The summed E-state index contributed by atoms with van der Waals surface area (Å²) >= 11 is 0. The molecule has 0 saturated heterocycles. The first-order chi connectivity index (χ1) is 8.60. The first-order valence-electron chi connectivity index (χ1n) is 5.25. The van der Waals surface area contributed by atoms with Gasteiger partial charge < -0.3 is 19.9 Å². The summed E-state index contributed by atoms with van der Waals surface area (Å²) in [6.45, 7) is 0. The molecule has 2 N–H and O–H groups in total. The monoisotopic (exact) mass is 253 g/mol. The van der Waals surface area contributed by atoms with E-state index in [9.17, 15) is 9.59 Å². The second-order valence-corrected chi connectivity index (χ2v) is 3.60. The third kappa shape index (κ3) is 3.65. The Morgan fingerprint density at radius 3 is 2.28 bits per heavy atom. The van der Waals surface area contributed by atoms with Crippen LogP contribution in [0.15, 0.2) is 18.2 Å². The molecular weight excluding hydrogens is 238 g/mol. The second-order valence-electron chi connectivity index (χ2n) is 3.60. The van der Waals surface area contributed by atoms with Crippen LogP contribution in [0.3, 0.4) is 0 Å². The van der Waals surface area contributed by atoms with Crippen molar-refractivity contribution in [2.24, 2.45) is 0 Å². The highest BCUT2D eigenvalue weighted by Gasteiger charge is 2.17. The summed E-state index contributed by atoms with van der Waals surface area (Å²) in [5, 5.41) is 11.2. The van der Waals surface area contributed by atoms with E-state index in [-0.39, 0.29) is 6.42 Å². The Morgan fingerprint density at radius 1 is 1.33 bits per heavy atom. The molecular formula is C12H15NO5. The van der Waals surface area contributed by atoms with Gasteiger partial charge in [0.05, 0.1) is 14.2 Å². The molecule has 98 valence electrons. The average Bonchev–Trinajstić information content (AvgIpc) is 2.37. The second kappa shape index (κ2) is 6.48. The van der Waals surface area contributed by atoms with Gasteiger partial charge in [-0.25, -0.2) is 4.79 Å². The summed E-state index contributed by atoms with van der Waals surface area (Å²) in [5.74, 6) is 0.0445. The molecule has 18 heavy (non-hydrogen) atoms. The van der Waals surface area contributed by atoms with E-state index in [4.69, 9.17) is 14.6 Å². The number of rotatable bonds is 7. The Bertz CT molecular complexity index is 410. The van der Waals surface area contributed by atoms with Crippen molar-refractivity contribution >= 4 is 12.4 Å². The molecule has 6 heteroatoms. The topological polar surface area (TPSA) is 84.9 Å². The minimum atomic E-state index is -1.09. The van der Waals surface area contributed by atoms with Gasteiger partial charge in [0, 0.05) is 12.5 Å². The SMILES string of the molecule is COc1cc(CC(NC=O)C(=O)O)cc(OC)c1. The number of hydrogen-bond acceptors (Lipinski definition) is 4. The number of carbonyl (C=O) groups excluding carboxylic acids is 1. The lowest BCUT2D eigenvalue weighted by molar-refractivity contribution is -0.140. The van der Waals surface area contributed by atoms with Gasteiger partial charge in [0.1, 0.15) is 17.5 Å². The molecule has 0 radical (unpaired) electrons. The fourth-order valence-corrected chi connectivity index (χ4v) is 1.52. The van der Waals surface area contributed by atoms with Crippen molar-refractivity contribution in [3.8, 4) is 11.5 Å². The molecule has 1 aromatic rings. The maximum absolute atomic E-state index is 10.9. The Balaban J connectivity index is 2.93. The highest BCUT2D eigenvalue weighted by molar-refractivity contribution is 5.76. The van der Waals surface area contributed by atoms with Gasteiger partial charge in [-0.05, 0) is 17.7 Å². The maximum atomic E-state index is 10.9. The number of methoxy groups -OCH3 is 2. The smallest absolute Gasteiger partial charge is 0.326 e. The normalized spacial score (nSPS) is 11.4. The van der Waals surface area contributed by atoms with Crippen molar-refractivity contribution in [3.05, 3.63) is 23.8 Å². The predicted molar refractivity (Wildman–Crippen MR) is 63.9 cm³/mol. The van der Waals surface area contributed by atoms with E-state index in [1.807, 2.05) is 0 Å².